The third kappa shape index (κ3) is 4.01. The lowest BCUT2D eigenvalue weighted by Crippen LogP contribution is -2.26. The highest BCUT2D eigenvalue weighted by atomic mass is 32.3. The van der Waals surface area contributed by atoms with Crippen molar-refractivity contribution in [3.8, 4) is 0 Å². The minimum atomic E-state index is -2.85. The molecule has 1 aliphatic rings. The van der Waals surface area contributed by atoms with Gasteiger partial charge in [-0.05, 0) is 30.7 Å². The fourth-order valence-electron chi connectivity index (χ4n) is 3.65. The maximum Gasteiger partial charge on any atom is 0.226 e. The van der Waals surface area contributed by atoms with E-state index >= 15 is 0 Å². The van der Waals surface area contributed by atoms with Crippen molar-refractivity contribution >= 4 is 38.9 Å². The lowest BCUT2D eigenvalue weighted by atomic mass is 10.1. The molecule has 30 heavy (non-hydrogen) atoms. The Morgan fingerprint density at radius 1 is 1.17 bits per heavy atom. The smallest absolute Gasteiger partial charge is 0.226 e. The summed E-state index contributed by atoms with van der Waals surface area (Å²) in [7, 11) is -2.85. The van der Waals surface area contributed by atoms with Gasteiger partial charge in [0.05, 0.1) is 21.9 Å². The summed E-state index contributed by atoms with van der Waals surface area (Å²) in [5, 5.41) is 3.94. The van der Waals surface area contributed by atoms with Crippen molar-refractivity contribution in [2.75, 3.05) is 22.5 Å². The van der Waals surface area contributed by atoms with Crippen molar-refractivity contribution in [2.24, 2.45) is 5.92 Å². The Balaban J connectivity index is 1.79. The van der Waals surface area contributed by atoms with Gasteiger partial charge in [-0.25, -0.2) is 4.98 Å². The van der Waals surface area contributed by atoms with Crippen LogP contribution >= 0.6 is 10.6 Å². The van der Waals surface area contributed by atoms with Crippen LogP contribution in [0.4, 0.5) is 11.5 Å². The van der Waals surface area contributed by atoms with Crippen molar-refractivity contribution in [3.05, 3.63) is 59.7 Å². The van der Waals surface area contributed by atoms with Gasteiger partial charge in [0.2, 0.25) is 5.91 Å². The monoisotopic (exact) mass is 425 g/mol. The highest BCUT2D eigenvalue weighted by molar-refractivity contribution is 8.24. The van der Waals surface area contributed by atoms with Crippen LogP contribution in [-0.4, -0.2) is 32.3 Å². The van der Waals surface area contributed by atoms with E-state index in [1.54, 1.807) is 6.07 Å². The van der Waals surface area contributed by atoms with Crippen LogP contribution in [0.2, 0.25) is 0 Å². The molecule has 0 aliphatic carbocycles. The number of benzene rings is 2. The summed E-state index contributed by atoms with van der Waals surface area (Å²) in [4.78, 5) is 19.9. The molecule has 2 heterocycles. The van der Waals surface area contributed by atoms with Crippen LogP contribution in [0.5, 0.6) is 0 Å². The molecule has 1 amide bonds. The maximum absolute atomic E-state index is 12.4. The summed E-state index contributed by atoms with van der Waals surface area (Å²) >= 11 is 0. The van der Waals surface area contributed by atoms with E-state index < -0.39 is 10.6 Å². The van der Waals surface area contributed by atoms with Gasteiger partial charge < -0.3 is 10.2 Å². The van der Waals surface area contributed by atoms with Crippen molar-refractivity contribution in [3.63, 3.8) is 0 Å². The van der Waals surface area contributed by atoms with E-state index in [1.165, 1.54) is 0 Å². The average molecular weight is 426 g/mol. The molecular formula is C23H27N3O3S. The third-order valence-corrected chi connectivity index (χ3v) is 7.24. The minimum Gasteiger partial charge on any atom is -0.351 e. The van der Waals surface area contributed by atoms with Crippen LogP contribution < -0.4 is 10.2 Å². The molecule has 6 nitrogen and oxygen atoms in total. The van der Waals surface area contributed by atoms with Crippen LogP contribution in [0.25, 0.3) is 10.9 Å². The first-order valence-electron chi connectivity index (χ1n) is 10.1. The molecule has 3 N–H and O–H groups in total. The van der Waals surface area contributed by atoms with Crippen LogP contribution in [0.3, 0.4) is 0 Å². The second kappa shape index (κ2) is 7.91. The van der Waals surface area contributed by atoms with Gasteiger partial charge >= 0.3 is 0 Å². The molecule has 0 radical (unpaired) electrons. The van der Waals surface area contributed by atoms with E-state index in [9.17, 15) is 13.9 Å². The third-order valence-electron chi connectivity index (χ3n) is 5.39. The molecule has 1 aromatic heterocycles. The molecule has 0 saturated carbocycles. The van der Waals surface area contributed by atoms with Crippen molar-refractivity contribution in [1.29, 1.82) is 0 Å². The predicted octanol–water partition coefficient (Wildman–Crippen LogP) is 5.27. The van der Waals surface area contributed by atoms with Gasteiger partial charge in [0.1, 0.15) is 5.82 Å². The Hall–Kier alpha value is -2.61. The molecule has 158 valence electrons. The van der Waals surface area contributed by atoms with E-state index in [0.29, 0.717) is 23.8 Å². The first kappa shape index (κ1) is 20.7. The zero-order valence-corrected chi connectivity index (χ0v) is 18.2. The first-order valence-corrected chi connectivity index (χ1v) is 11.8. The number of anilines is 2. The SMILES string of the molecule is Cc1ccc2nc(N3CCS(O)(O)c4ccccc4C3)cc(NC(=O)C(C)C)c2c1. The molecule has 3 aromatic rings. The topological polar surface area (TPSA) is 85.7 Å². The van der Waals surface area contributed by atoms with E-state index in [0.717, 1.165) is 27.7 Å². The van der Waals surface area contributed by atoms with Gasteiger partial charge in [-0.15, -0.1) is 0 Å². The molecule has 0 atom stereocenters. The second-order valence-corrected chi connectivity index (χ2v) is 10.3. The summed E-state index contributed by atoms with van der Waals surface area (Å²) in [5.41, 5.74) is 3.49. The Labute approximate surface area is 178 Å². The fourth-order valence-corrected chi connectivity index (χ4v) is 5.19. The van der Waals surface area contributed by atoms with Crippen molar-refractivity contribution < 1.29 is 13.9 Å². The number of hydrogen-bond donors (Lipinski definition) is 3. The summed E-state index contributed by atoms with van der Waals surface area (Å²) < 4.78 is 21.3. The molecule has 0 fully saturated rings. The van der Waals surface area contributed by atoms with Crippen molar-refractivity contribution in [1.82, 2.24) is 4.98 Å². The molecule has 0 bridgehead atoms. The molecule has 0 saturated heterocycles. The van der Waals surface area contributed by atoms with Crippen LogP contribution in [0.15, 0.2) is 53.4 Å². The number of nitrogens with zero attached hydrogens (tertiary/aromatic N) is 2. The highest BCUT2D eigenvalue weighted by Gasteiger charge is 2.26. The number of fused-ring (bicyclic) bond motifs is 2. The summed E-state index contributed by atoms with van der Waals surface area (Å²) in [6.07, 6.45) is 0. The Morgan fingerprint density at radius 3 is 2.70 bits per heavy atom. The predicted molar refractivity (Wildman–Crippen MR) is 123 cm³/mol. The summed E-state index contributed by atoms with van der Waals surface area (Å²) in [6, 6.07) is 15.3. The van der Waals surface area contributed by atoms with Crippen LogP contribution in [0.1, 0.15) is 25.0 Å². The molecule has 7 heteroatoms. The molecule has 0 unspecified atom stereocenters. The first-order chi connectivity index (χ1) is 14.2. The Morgan fingerprint density at radius 2 is 1.93 bits per heavy atom. The Kier molecular flexibility index (Phi) is 5.44. The van der Waals surface area contributed by atoms with Crippen LogP contribution in [-0.2, 0) is 11.3 Å². The van der Waals surface area contributed by atoms with Gasteiger partial charge in [0, 0.05) is 30.5 Å². The largest absolute Gasteiger partial charge is 0.351 e. The molecule has 0 spiro atoms. The molecule has 4 rings (SSSR count). The molecule has 1 aliphatic heterocycles. The Bertz CT molecular complexity index is 1110. The van der Waals surface area contributed by atoms with Crippen LogP contribution in [0, 0.1) is 12.8 Å². The highest BCUT2D eigenvalue weighted by Crippen LogP contribution is 2.51. The maximum atomic E-state index is 12.4. The number of nitrogens with one attached hydrogen (secondary N) is 1. The van der Waals surface area contributed by atoms with E-state index in [4.69, 9.17) is 4.98 Å². The number of carbonyl (C=O) groups is 1. The normalized spacial score (nSPS) is 16.8. The fraction of sp³-hybridized carbons (Fsp3) is 0.304. The number of carbonyl (C=O) groups excluding carboxylic acids is 1. The standard InChI is InChI=1S/C23H27N3O3S/c1-15(2)23(27)25-20-13-22(24-19-9-8-16(3)12-18(19)20)26-10-11-30(28,29)21-7-5-4-6-17(21)14-26/h4-9,12-13,15,28-29H,10-11,14H2,1-3H3,(H,24,25,27). The van der Waals surface area contributed by atoms with Gasteiger partial charge in [0.15, 0.2) is 0 Å². The summed E-state index contributed by atoms with van der Waals surface area (Å²) in [6.45, 7) is 6.72. The molecule has 2 aromatic carbocycles. The number of aromatic nitrogens is 1. The lowest BCUT2D eigenvalue weighted by Gasteiger charge is -2.32. The quantitative estimate of drug-likeness (QED) is 0.532. The van der Waals surface area contributed by atoms with Gasteiger partial charge in [-0.1, -0.05) is 43.7 Å². The zero-order valence-electron chi connectivity index (χ0n) is 17.4. The van der Waals surface area contributed by atoms with Crippen molar-refractivity contribution in [2.45, 2.75) is 32.2 Å². The number of amides is 1. The van der Waals surface area contributed by atoms with Gasteiger partial charge in [-0.3, -0.25) is 13.9 Å². The van der Waals surface area contributed by atoms with E-state index in [2.05, 4.69) is 5.32 Å². The number of rotatable bonds is 3. The number of aryl methyl sites for hydroxylation is 1. The average Bonchev–Trinajstić information content (AvgIpc) is 2.84. The van der Waals surface area contributed by atoms with E-state index in [1.807, 2.05) is 68.1 Å². The van der Waals surface area contributed by atoms with E-state index in [-0.39, 0.29) is 17.6 Å². The number of pyridine rings is 1. The second-order valence-electron chi connectivity index (χ2n) is 8.09. The van der Waals surface area contributed by atoms with Gasteiger partial charge in [-0.2, -0.15) is 10.6 Å². The summed E-state index contributed by atoms with van der Waals surface area (Å²) in [5.74, 6) is 0.757. The number of hydrogen-bond acceptors (Lipinski definition) is 5. The lowest BCUT2D eigenvalue weighted by molar-refractivity contribution is -0.118. The zero-order chi connectivity index (χ0) is 21.5. The van der Waals surface area contributed by atoms with Gasteiger partial charge in [0.25, 0.3) is 0 Å². The minimum absolute atomic E-state index is 0.0506. The molecular weight excluding hydrogens is 398 g/mol.